The fourth-order valence-electron chi connectivity index (χ4n) is 2.61. The molecule has 0 radical (unpaired) electrons. The maximum absolute atomic E-state index is 12.2. The van der Waals surface area contributed by atoms with Gasteiger partial charge in [0.15, 0.2) is 0 Å². The first-order chi connectivity index (χ1) is 15.9. The quantitative estimate of drug-likeness (QED) is 0.266. The summed E-state index contributed by atoms with van der Waals surface area (Å²) in [6.45, 7) is 19.5. The van der Waals surface area contributed by atoms with Crippen LogP contribution in [0.25, 0.3) is 0 Å². The molecule has 36 heavy (non-hydrogen) atoms. The van der Waals surface area contributed by atoms with Gasteiger partial charge in [0.05, 0.1) is 0 Å². The van der Waals surface area contributed by atoms with Crippen LogP contribution in [0.2, 0.25) is 0 Å². The van der Waals surface area contributed by atoms with Crippen LogP contribution >= 0.6 is 11.3 Å². The highest BCUT2D eigenvalue weighted by Crippen LogP contribution is 2.37. The molecule has 3 rings (SSSR count). The largest absolute Gasteiger partial charge is 0.466 e. The summed E-state index contributed by atoms with van der Waals surface area (Å²) in [4.78, 5) is -0.516. The topological polar surface area (TPSA) is 26.3 Å². The highest BCUT2D eigenvalue weighted by atomic mass is 32.1. The molecule has 0 unspecified atom stereocenters. The molecule has 0 amide bonds. The molecule has 0 aliphatic carbocycles. The first kappa shape index (κ1) is 31.9. The molecular formula is C27H36F6O2S. The highest BCUT2D eigenvalue weighted by Gasteiger charge is 2.36. The van der Waals surface area contributed by atoms with Crippen LogP contribution in [-0.2, 0) is 28.6 Å². The molecule has 9 heteroatoms. The van der Waals surface area contributed by atoms with E-state index in [1.165, 1.54) is 12.1 Å². The predicted molar refractivity (Wildman–Crippen MR) is 133 cm³/mol. The fraction of sp³-hybridized carbons (Fsp3) is 0.556. The van der Waals surface area contributed by atoms with Gasteiger partial charge in [0.25, 0.3) is 0 Å². The Hall–Kier alpha value is -2.16. The number of hydrogen-bond acceptors (Lipinski definition) is 3. The Morgan fingerprint density at radius 3 is 1.25 bits per heavy atom. The second-order valence-corrected chi connectivity index (χ2v) is 12.4. The summed E-state index contributed by atoms with van der Waals surface area (Å²) in [5.41, 5.74) is 0.294. The Labute approximate surface area is 213 Å². The van der Waals surface area contributed by atoms with Crippen molar-refractivity contribution < 1.29 is 35.2 Å². The van der Waals surface area contributed by atoms with Gasteiger partial charge in [0.2, 0.25) is 5.76 Å². The van der Waals surface area contributed by atoms with E-state index in [0.29, 0.717) is 5.76 Å². The van der Waals surface area contributed by atoms with Crippen molar-refractivity contribution in [2.75, 3.05) is 0 Å². The number of hydrogen-bond donors (Lipinski definition) is 0. The Balaban J connectivity index is 0.000000273. The maximum atomic E-state index is 12.2. The predicted octanol–water partition coefficient (Wildman–Crippen LogP) is 10.5. The van der Waals surface area contributed by atoms with Crippen molar-refractivity contribution in [3.63, 3.8) is 0 Å². The van der Waals surface area contributed by atoms with Crippen molar-refractivity contribution >= 4 is 11.3 Å². The molecule has 0 aliphatic heterocycles. The summed E-state index contributed by atoms with van der Waals surface area (Å²) < 4.78 is 83.0. The summed E-state index contributed by atoms with van der Waals surface area (Å²) in [6.07, 6.45) is -8.59. The van der Waals surface area contributed by atoms with E-state index in [9.17, 15) is 26.3 Å². The van der Waals surface area contributed by atoms with Crippen molar-refractivity contribution in [2.24, 2.45) is 0 Å². The number of halogens is 6. The zero-order valence-corrected chi connectivity index (χ0v) is 23.3. The Kier molecular flexibility index (Phi) is 9.80. The molecule has 0 aliphatic rings. The van der Waals surface area contributed by atoms with E-state index >= 15 is 0 Å². The van der Waals surface area contributed by atoms with Crippen LogP contribution in [0.4, 0.5) is 26.3 Å². The number of furan rings is 2. The van der Waals surface area contributed by atoms with Crippen LogP contribution in [0.1, 0.15) is 95.8 Å². The van der Waals surface area contributed by atoms with Crippen molar-refractivity contribution in [2.45, 2.75) is 97.8 Å². The van der Waals surface area contributed by atoms with E-state index in [2.05, 4.69) is 25.2 Å². The van der Waals surface area contributed by atoms with Gasteiger partial charge in [0, 0.05) is 10.8 Å². The highest BCUT2D eigenvalue weighted by molar-refractivity contribution is 7.10. The molecule has 3 aromatic rings. The lowest BCUT2D eigenvalue weighted by Gasteiger charge is -2.15. The maximum Gasteiger partial charge on any atom is 0.449 e. The minimum atomic E-state index is -4.39. The third kappa shape index (κ3) is 10.1. The zero-order valence-electron chi connectivity index (χ0n) is 22.5. The van der Waals surface area contributed by atoms with Gasteiger partial charge in [-0.15, -0.1) is 11.3 Å². The average Bonchev–Trinajstić information content (AvgIpc) is 3.40. The molecule has 0 bridgehead atoms. The SMILES string of the molecule is CC(C)(C)c1ccc(C(F)(F)F)o1.CC(C)(C)c1csc(C(F)(F)F)c1.Cc1ccc(C(C)(C)C)o1. The zero-order chi connectivity index (χ0) is 28.3. The van der Waals surface area contributed by atoms with Gasteiger partial charge >= 0.3 is 12.4 Å². The Morgan fingerprint density at radius 2 is 1.03 bits per heavy atom. The van der Waals surface area contributed by atoms with E-state index in [1.54, 1.807) is 26.2 Å². The smallest absolute Gasteiger partial charge is 0.449 e. The molecular weight excluding hydrogens is 502 g/mol. The first-order valence-electron chi connectivity index (χ1n) is 11.3. The summed E-state index contributed by atoms with van der Waals surface area (Å²) >= 11 is 0.758. The van der Waals surface area contributed by atoms with Crippen LogP contribution in [0.15, 0.2) is 44.5 Å². The normalized spacial score (nSPS) is 13.0. The van der Waals surface area contributed by atoms with E-state index in [-0.39, 0.29) is 16.2 Å². The number of thiophene rings is 1. The van der Waals surface area contributed by atoms with Crippen molar-refractivity contribution in [3.8, 4) is 0 Å². The van der Waals surface area contributed by atoms with Crippen LogP contribution in [0.3, 0.4) is 0 Å². The Bertz CT molecular complexity index is 958. The fourth-order valence-corrected chi connectivity index (χ4v) is 3.61. The average molecular weight is 539 g/mol. The molecule has 3 aromatic heterocycles. The van der Waals surface area contributed by atoms with Crippen molar-refractivity contribution in [3.05, 3.63) is 69.2 Å². The summed E-state index contributed by atoms with van der Waals surface area (Å²) in [5, 5.41) is 1.57. The lowest BCUT2D eigenvalue weighted by molar-refractivity contribution is -0.153. The monoisotopic (exact) mass is 538 g/mol. The van der Waals surface area contributed by atoms with E-state index in [4.69, 9.17) is 4.42 Å². The summed E-state index contributed by atoms with van der Waals surface area (Å²) in [7, 11) is 0. The van der Waals surface area contributed by atoms with Crippen molar-refractivity contribution in [1.29, 1.82) is 0 Å². The van der Waals surface area contributed by atoms with Crippen LogP contribution < -0.4 is 0 Å². The number of aryl methyl sites for hydroxylation is 1. The van der Waals surface area contributed by atoms with Crippen molar-refractivity contribution in [1.82, 2.24) is 0 Å². The van der Waals surface area contributed by atoms with Gasteiger partial charge < -0.3 is 8.83 Å². The molecule has 0 fully saturated rings. The molecule has 0 spiro atoms. The number of alkyl halides is 6. The van der Waals surface area contributed by atoms with E-state index in [1.807, 2.05) is 39.8 Å². The van der Waals surface area contributed by atoms with Crippen LogP contribution in [-0.4, -0.2) is 0 Å². The van der Waals surface area contributed by atoms with Crippen LogP contribution in [0.5, 0.6) is 0 Å². The Morgan fingerprint density at radius 1 is 0.583 bits per heavy atom. The molecule has 0 aromatic carbocycles. The molecule has 2 nitrogen and oxygen atoms in total. The van der Waals surface area contributed by atoms with Gasteiger partial charge in [-0.25, -0.2) is 0 Å². The third-order valence-corrected chi connectivity index (χ3v) is 5.82. The van der Waals surface area contributed by atoms with Crippen LogP contribution in [0, 0.1) is 6.92 Å². The second kappa shape index (κ2) is 11.1. The molecule has 0 saturated carbocycles. The van der Waals surface area contributed by atoms with E-state index in [0.717, 1.165) is 34.5 Å². The van der Waals surface area contributed by atoms with Gasteiger partial charge in [-0.1, -0.05) is 62.3 Å². The third-order valence-electron chi connectivity index (χ3n) is 4.85. The van der Waals surface area contributed by atoms with Gasteiger partial charge in [-0.05, 0) is 53.6 Å². The molecule has 204 valence electrons. The molecule has 3 heterocycles. The summed E-state index contributed by atoms with van der Waals surface area (Å²) in [5.74, 6) is 1.46. The lowest BCUT2D eigenvalue weighted by atomic mass is 9.89. The van der Waals surface area contributed by atoms with E-state index < -0.39 is 23.0 Å². The molecule has 0 N–H and O–H groups in total. The molecule has 0 atom stereocenters. The first-order valence-corrected chi connectivity index (χ1v) is 12.2. The van der Waals surface area contributed by atoms with Gasteiger partial charge in [-0.3, -0.25) is 0 Å². The minimum Gasteiger partial charge on any atom is -0.466 e. The minimum absolute atomic E-state index is 0.147. The standard InChI is InChI=1S/C9H11F3O.C9H11F3S.C9H14O/c1-8(2,3)6-4-5-7(13-6)9(10,11)12;1-8(2,3)6-4-7(13-5-6)9(10,11)12;1-7-5-6-8(10-7)9(2,3)4/h2*4-5H,1-3H3;5-6H,1-4H3. The van der Waals surface area contributed by atoms with Gasteiger partial charge in [-0.2, -0.15) is 26.3 Å². The van der Waals surface area contributed by atoms with Gasteiger partial charge in [0.1, 0.15) is 22.2 Å². The number of rotatable bonds is 0. The lowest BCUT2D eigenvalue weighted by Crippen LogP contribution is -2.10. The summed E-state index contributed by atoms with van der Waals surface area (Å²) in [6, 6.07) is 7.59. The second-order valence-electron chi connectivity index (χ2n) is 11.5. The molecule has 0 saturated heterocycles.